The van der Waals surface area contributed by atoms with Crippen LogP contribution in [0.2, 0.25) is 5.02 Å². The van der Waals surface area contributed by atoms with E-state index in [1.54, 1.807) is 38.1 Å². The molecule has 0 radical (unpaired) electrons. The molecule has 0 aliphatic carbocycles. The van der Waals surface area contributed by atoms with Crippen LogP contribution in [-0.2, 0) is 10.0 Å². The highest BCUT2D eigenvalue weighted by atomic mass is 35.5. The van der Waals surface area contributed by atoms with Crippen LogP contribution in [0.15, 0.2) is 41.3 Å². The second-order valence-corrected chi connectivity index (χ2v) is 8.80. The summed E-state index contributed by atoms with van der Waals surface area (Å²) in [4.78, 5) is 12.7. The lowest BCUT2D eigenvalue weighted by atomic mass is 10.1. The van der Waals surface area contributed by atoms with Crippen molar-refractivity contribution in [2.75, 3.05) is 19.5 Å². The smallest absolute Gasteiger partial charge is 0.255 e. The number of aryl methyl sites for hydroxylation is 1. The summed E-state index contributed by atoms with van der Waals surface area (Å²) in [6.07, 6.45) is 0. The number of carbonyl (C=O) groups excluding carboxylic acids is 1. The molecule has 1 N–H and O–H groups in total. The average Bonchev–Trinajstić information content (AvgIpc) is 2.63. The zero-order chi connectivity index (χ0) is 20.4. The fourth-order valence-electron chi connectivity index (χ4n) is 2.37. The van der Waals surface area contributed by atoms with Gasteiger partial charge in [-0.25, -0.2) is 8.42 Å². The lowest BCUT2D eigenvalue weighted by molar-refractivity contribution is 0.102. The number of sulfonamides is 1. The second-order valence-electron chi connectivity index (χ2n) is 6.40. The lowest BCUT2D eigenvalue weighted by Crippen LogP contribution is -2.33. The first kappa shape index (κ1) is 21.2. The predicted octanol–water partition coefficient (Wildman–Crippen LogP) is 3.94. The first-order valence-corrected chi connectivity index (χ1v) is 10.1. The Morgan fingerprint density at radius 1 is 1.22 bits per heavy atom. The summed E-state index contributed by atoms with van der Waals surface area (Å²) in [6.45, 7) is 5.37. The highest BCUT2D eigenvalue weighted by molar-refractivity contribution is 7.89. The molecule has 0 saturated carbocycles. The van der Waals surface area contributed by atoms with E-state index in [1.807, 2.05) is 6.92 Å². The van der Waals surface area contributed by atoms with Crippen molar-refractivity contribution in [1.82, 2.24) is 4.31 Å². The van der Waals surface area contributed by atoms with E-state index in [4.69, 9.17) is 16.3 Å². The Labute approximate surface area is 165 Å². The highest BCUT2D eigenvalue weighted by Gasteiger charge is 2.24. The second kappa shape index (κ2) is 8.29. The Bertz CT molecular complexity index is 958. The first-order chi connectivity index (χ1) is 12.6. The van der Waals surface area contributed by atoms with Gasteiger partial charge in [-0.3, -0.25) is 4.79 Å². The van der Waals surface area contributed by atoms with Crippen LogP contribution in [0.1, 0.15) is 29.8 Å². The Morgan fingerprint density at radius 3 is 2.48 bits per heavy atom. The molecule has 0 aliphatic rings. The van der Waals surface area contributed by atoms with Gasteiger partial charge in [0, 0.05) is 29.7 Å². The zero-order valence-corrected chi connectivity index (χ0v) is 17.5. The minimum atomic E-state index is -3.68. The topological polar surface area (TPSA) is 75.7 Å². The van der Waals surface area contributed by atoms with Crippen molar-refractivity contribution >= 4 is 33.2 Å². The van der Waals surface area contributed by atoms with Crippen molar-refractivity contribution in [2.45, 2.75) is 31.7 Å². The summed E-state index contributed by atoms with van der Waals surface area (Å²) in [6, 6.07) is 9.04. The fraction of sp³-hybridized carbons (Fsp3) is 0.316. The van der Waals surface area contributed by atoms with Crippen molar-refractivity contribution in [3.8, 4) is 5.75 Å². The fourth-order valence-corrected chi connectivity index (χ4v) is 3.93. The van der Waals surface area contributed by atoms with Gasteiger partial charge in [0.1, 0.15) is 5.75 Å². The van der Waals surface area contributed by atoms with E-state index in [0.717, 1.165) is 5.56 Å². The van der Waals surface area contributed by atoms with Crippen molar-refractivity contribution in [3.05, 3.63) is 52.5 Å². The number of rotatable bonds is 6. The number of benzene rings is 2. The number of methoxy groups -OCH3 is 1. The van der Waals surface area contributed by atoms with E-state index in [9.17, 15) is 13.2 Å². The Morgan fingerprint density at radius 2 is 1.89 bits per heavy atom. The molecule has 1 amide bonds. The lowest BCUT2D eigenvalue weighted by Gasteiger charge is -2.21. The molecule has 0 fully saturated rings. The molecular weight excluding hydrogens is 388 g/mol. The quantitative estimate of drug-likeness (QED) is 0.782. The van der Waals surface area contributed by atoms with Gasteiger partial charge in [-0.15, -0.1) is 0 Å². The van der Waals surface area contributed by atoms with Crippen LogP contribution < -0.4 is 10.1 Å². The van der Waals surface area contributed by atoms with Gasteiger partial charge in [0.25, 0.3) is 5.91 Å². The van der Waals surface area contributed by atoms with Crippen LogP contribution in [0, 0.1) is 6.92 Å². The molecule has 27 heavy (non-hydrogen) atoms. The van der Waals surface area contributed by atoms with E-state index >= 15 is 0 Å². The Balaban J connectivity index is 2.35. The van der Waals surface area contributed by atoms with Crippen molar-refractivity contribution in [3.63, 3.8) is 0 Å². The van der Waals surface area contributed by atoms with Crippen molar-refractivity contribution < 1.29 is 17.9 Å². The molecule has 0 unspecified atom stereocenters. The van der Waals surface area contributed by atoms with Gasteiger partial charge in [-0.2, -0.15) is 4.31 Å². The van der Waals surface area contributed by atoms with E-state index in [2.05, 4.69) is 5.32 Å². The number of nitrogens with one attached hydrogen (secondary N) is 1. The first-order valence-electron chi connectivity index (χ1n) is 8.31. The normalized spacial score (nSPS) is 11.7. The van der Waals surface area contributed by atoms with Crippen LogP contribution in [0.25, 0.3) is 0 Å². The van der Waals surface area contributed by atoms with Crippen molar-refractivity contribution in [1.29, 1.82) is 0 Å². The minimum absolute atomic E-state index is 0.0607. The Hall–Kier alpha value is -2.09. The molecule has 2 rings (SSSR count). The number of nitrogens with zero attached hydrogens (tertiary/aromatic N) is 1. The summed E-state index contributed by atoms with van der Waals surface area (Å²) in [5.74, 6) is -0.0264. The van der Waals surface area contributed by atoms with Gasteiger partial charge in [-0.1, -0.05) is 17.7 Å². The number of hydrogen-bond donors (Lipinski definition) is 1. The molecular formula is C19H23ClN2O4S. The van der Waals surface area contributed by atoms with Crippen molar-refractivity contribution in [2.24, 2.45) is 0 Å². The SMILES string of the molecule is COc1cc(Cl)c(C)cc1NC(=O)c1cccc(S(=O)(=O)N(C)C(C)C)c1. The van der Waals surface area contributed by atoms with Crippen LogP contribution in [0.3, 0.4) is 0 Å². The zero-order valence-electron chi connectivity index (χ0n) is 15.9. The number of carbonyl (C=O) groups is 1. The molecule has 0 atom stereocenters. The number of ether oxygens (including phenoxy) is 1. The number of anilines is 1. The Kier molecular flexibility index (Phi) is 6.51. The molecule has 0 bridgehead atoms. The van der Waals surface area contributed by atoms with Gasteiger partial charge in [-0.05, 0) is 50.6 Å². The van der Waals surface area contributed by atoms with Crippen LogP contribution >= 0.6 is 11.6 Å². The standard InChI is InChI=1S/C19H23ClN2O4S/c1-12(2)22(4)27(24,25)15-8-6-7-14(10-15)19(23)21-17-9-13(3)16(20)11-18(17)26-5/h6-12H,1-5H3,(H,21,23). The molecule has 0 spiro atoms. The van der Waals surface area contributed by atoms with Gasteiger partial charge in [0.15, 0.2) is 0 Å². The summed E-state index contributed by atoms with van der Waals surface area (Å²) in [5.41, 5.74) is 1.46. The van der Waals surface area contributed by atoms with E-state index < -0.39 is 15.9 Å². The molecule has 146 valence electrons. The van der Waals surface area contributed by atoms with Gasteiger partial charge in [0.2, 0.25) is 10.0 Å². The maximum atomic E-state index is 12.7. The molecule has 8 heteroatoms. The monoisotopic (exact) mass is 410 g/mol. The van der Waals surface area contributed by atoms with E-state index in [1.165, 1.54) is 30.6 Å². The van der Waals surface area contributed by atoms with Gasteiger partial charge >= 0.3 is 0 Å². The molecule has 0 aliphatic heterocycles. The van der Waals surface area contributed by atoms with Gasteiger partial charge < -0.3 is 10.1 Å². The highest BCUT2D eigenvalue weighted by Crippen LogP contribution is 2.31. The summed E-state index contributed by atoms with van der Waals surface area (Å²) >= 11 is 6.08. The van der Waals surface area contributed by atoms with E-state index in [-0.39, 0.29) is 16.5 Å². The minimum Gasteiger partial charge on any atom is -0.495 e. The molecule has 0 aromatic heterocycles. The van der Waals surface area contributed by atoms with E-state index in [0.29, 0.717) is 16.5 Å². The maximum Gasteiger partial charge on any atom is 0.255 e. The van der Waals surface area contributed by atoms with Crippen LogP contribution in [0.5, 0.6) is 5.75 Å². The average molecular weight is 411 g/mol. The summed E-state index contributed by atoms with van der Waals surface area (Å²) in [5, 5.41) is 3.27. The summed E-state index contributed by atoms with van der Waals surface area (Å²) in [7, 11) is -0.695. The number of halogens is 1. The molecule has 6 nitrogen and oxygen atoms in total. The number of amides is 1. The third kappa shape index (κ3) is 4.61. The van der Waals surface area contributed by atoms with Gasteiger partial charge in [0.05, 0.1) is 17.7 Å². The number of hydrogen-bond acceptors (Lipinski definition) is 4. The molecule has 0 saturated heterocycles. The third-order valence-corrected chi connectivity index (χ3v) is 6.67. The third-order valence-electron chi connectivity index (χ3n) is 4.23. The maximum absolute atomic E-state index is 12.7. The van der Waals surface area contributed by atoms with Crippen LogP contribution in [-0.4, -0.2) is 38.8 Å². The summed E-state index contributed by atoms with van der Waals surface area (Å²) < 4.78 is 31.8. The largest absolute Gasteiger partial charge is 0.495 e. The molecule has 2 aromatic rings. The van der Waals surface area contributed by atoms with Crippen LogP contribution in [0.4, 0.5) is 5.69 Å². The molecule has 2 aromatic carbocycles. The molecule has 0 heterocycles. The predicted molar refractivity (Wildman–Crippen MR) is 107 cm³/mol.